The van der Waals surface area contributed by atoms with Gasteiger partial charge < -0.3 is 5.32 Å². The van der Waals surface area contributed by atoms with Gasteiger partial charge in [0.15, 0.2) is 0 Å². The third kappa shape index (κ3) is 3.43. The lowest BCUT2D eigenvalue weighted by atomic mass is 10.2. The predicted molar refractivity (Wildman–Crippen MR) is 63.2 cm³/mol. The molecule has 0 unspecified atom stereocenters. The molecule has 86 valence electrons. The first-order valence-corrected chi connectivity index (χ1v) is 5.07. The Morgan fingerprint density at radius 3 is 2.94 bits per heavy atom. The van der Waals surface area contributed by atoms with E-state index in [4.69, 9.17) is 0 Å². The predicted octanol–water partition coefficient (Wildman–Crippen LogP) is 1.92. The lowest BCUT2D eigenvalue weighted by Gasteiger charge is -1.99. The van der Waals surface area contributed by atoms with E-state index >= 15 is 0 Å². The molecule has 1 aromatic heterocycles. The molecule has 0 aliphatic heterocycles. The summed E-state index contributed by atoms with van der Waals surface area (Å²) in [5.74, 6) is 0. The normalized spacial score (nSPS) is 10.9. The van der Waals surface area contributed by atoms with Gasteiger partial charge in [0.05, 0.1) is 10.6 Å². The first-order chi connectivity index (χ1) is 7.65. The van der Waals surface area contributed by atoms with Crippen molar-refractivity contribution in [3.05, 3.63) is 39.7 Å². The Labute approximate surface area is 94.4 Å². The number of aromatic nitrogens is 1. The van der Waals surface area contributed by atoms with Crippen molar-refractivity contribution in [3.8, 4) is 0 Å². The van der Waals surface area contributed by atoms with Gasteiger partial charge in [-0.05, 0) is 38.6 Å². The molecule has 0 fully saturated rings. The molecule has 16 heavy (non-hydrogen) atoms. The number of hydrogen-bond donors (Lipinski definition) is 1. The highest BCUT2D eigenvalue weighted by Crippen LogP contribution is 2.15. The summed E-state index contributed by atoms with van der Waals surface area (Å²) in [7, 11) is 1.89. The Bertz CT molecular complexity index is 402. The van der Waals surface area contributed by atoms with Crippen LogP contribution in [0.15, 0.2) is 18.3 Å². The minimum atomic E-state index is -0.436. The van der Waals surface area contributed by atoms with E-state index in [0.717, 1.165) is 24.2 Å². The smallest absolute Gasteiger partial charge is 0.287 e. The lowest BCUT2D eigenvalue weighted by Crippen LogP contribution is -2.05. The van der Waals surface area contributed by atoms with Crippen molar-refractivity contribution in [3.63, 3.8) is 0 Å². The van der Waals surface area contributed by atoms with Gasteiger partial charge in [-0.15, -0.1) is 0 Å². The first-order valence-electron chi connectivity index (χ1n) is 5.07. The first kappa shape index (κ1) is 12.3. The number of aryl methyl sites for hydroxylation is 1. The largest absolute Gasteiger partial charge is 0.319 e. The Balaban J connectivity index is 2.75. The molecule has 0 aliphatic carbocycles. The molecule has 0 aromatic carbocycles. The van der Waals surface area contributed by atoms with Crippen LogP contribution in [0, 0.1) is 17.0 Å². The van der Waals surface area contributed by atoms with Gasteiger partial charge >= 0.3 is 0 Å². The minimum Gasteiger partial charge on any atom is -0.319 e. The third-order valence-corrected chi connectivity index (χ3v) is 2.15. The van der Waals surface area contributed by atoms with Crippen molar-refractivity contribution in [2.24, 2.45) is 0 Å². The summed E-state index contributed by atoms with van der Waals surface area (Å²) >= 11 is 0. The maximum absolute atomic E-state index is 10.5. The summed E-state index contributed by atoms with van der Waals surface area (Å²) in [5.41, 5.74) is 1.63. The SMILES string of the molecule is CNCCC=Cc1ncc([N+](=O)[O-])cc1C. The average molecular weight is 221 g/mol. The van der Waals surface area contributed by atoms with Crippen LogP contribution in [-0.4, -0.2) is 23.5 Å². The highest BCUT2D eigenvalue weighted by Gasteiger charge is 2.07. The quantitative estimate of drug-likeness (QED) is 0.468. The maximum atomic E-state index is 10.5. The summed E-state index contributed by atoms with van der Waals surface area (Å²) in [6.45, 7) is 2.72. The zero-order valence-electron chi connectivity index (χ0n) is 9.43. The molecule has 0 atom stereocenters. The second-order valence-corrected chi connectivity index (χ2v) is 3.45. The van der Waals surface area contributed by atoms with Gasteiger partial charge in [-0.2, -0.15) is 0 Å². The average Bonchev–Trinajstić information content (AvgIpc) is 2.26. The molecule has 0 aliphatic rings. The molecule has 0 bridgehead atoms. The number of nitrogens with one attached hydrogen (secondary N) is 1. The minimum absolute atomic E-state index is 0.0323. The molecule has 0 saturated carbocycles. The van der Waals surface area contributed by atoms with Crippen LogP contribution in [0.2, 0.25) is 0 Å². The Morgan fingerprint density at radius 2 is 2.38 bits per heavy atom. The van der Waals surface area contributed by atoms with Crippen LogP contribution in [0.1, 0.15) is 17.7 Å². The van der Waals surface area contributed by atoms with Crippen molar-refractivity contribution in [2.75, 3.05) is 13.6 Å². The zero-order valence-corrected chi connectivity index (χ0v) is 9.43. The molecule has 1 N–H and O–H groups in total. The van der Waals surface area contributed by atoms with Crippen LogP contribution in [0.3, 0.4) is 0 Å². The molecule has 0 saturated heterocycles. The summed E-state index contributed by atoms with van der Waals surface area (Å²) < 4.78 is 0. The van der Waals surface area contributed by atoms with E-state index in [2.05, 4.69) is 10.3 Å². The van der Waals surface area contributed by atoms with Gasteiger partial charge in [0.25, 0.3) is 5.69 Å². The van der Waals surface area contributed by atoms with Crippen LogP contribution in [0.5, 0.6) is 0 Å². The Kier molecular flexibility index (Phi) is 4.60. The molecule has 1 rings (SSSR count). The second-order valence-electron chi connectivity index (χ2n) is 3.45. The van der Waals surface area contributed by atoms with E-state index in [0.29, 0.717) is 0 Å². The van der Waals surface area contributed by atoms with Gasteiger partial charge in [0.2, 0.25) is 0 Å². The topological polar surface area (TPSA) is 68.1 Å². The monoisotopic (exact) mass is 221 g/mol. The van der Waals surface area contributed by atoms with E-state index in [9.17, 15) is 10.1 Å². The highest BCUT2D eigenvalue weighted by molar-refractivity contribution is 5.51. The Hall–Kier alpha value is -1.75. The zero-order chi connectivity index (χ0) is 12.0. The van der Waals surface area contributed by atoms with Crippen molar-refractivity contribution >= 4 is 11.8 Å². The molecule has 0 radical (unpaired) electrons. The molecular weight excluding hydrogens is 206 g/mol. The van der Waals surface area contributed by atoms with Crippen molar-refractivity contribution in [2.45, 2.75) is 13.3 Å². The van der Waals surface area contributed by atoms with Crippen LogP contribution < -0.4 is 5.32 Å². The van der Waals surface area contributed by atoms with Crippen molar-refractivity contribution in [1.82, 2.24) is 10.3 Å². The van der Waals surface area contributed by atoms with Crippen LogP contribution in [0.4, 0.5) is 5.69 Å². The van der Waals surface area contributed by atoms with Gasteiger partial charge in [-0.3, -0.25) is 10.1 Å². The molecule has 0 spiro atoms. The maximum Gasteiger partial charge on any atom is 0.287 e. The summed E-state index contributed by atoms with van der Waals surface area (Å²) in [6, 6.07) is 1.53. The van der Waals surface area contributed by atoms with Gasteiger partial charge in [0, 0.05) is 6.07 Å². The van der Waals surface area contributed by atoms with Crippen molar-refractivity contribution < 1.29 is 4.92 Å². The fourth-order valence-electron chi connectivity index (χ4n) is 1.27. The fraction of sp³-hybridized carbons (Fsp3) is 0.364. The van der Waals surface area contributed by atoms with E-state index in [1.807, 2.05) is 26.1 Å². The van der Waals surface area contributed by atoms with Crippen LogP contribution in [0.25, 0.3) is 6.08 Å². The Morgan fingerprint density at radius 1 is 1.62 bits per heavy atom. The summed E-state index contributed by atoms with van der Waals surface area (Å²) in [5, 5.41) is 13.5. The standard InChI is InChI=1S/C11H15N3O2/c1-9-7-10(14(15)16)8-13-11(9)5-3-4-6-12-2/h3,5,7-8,12H,4,6H2,1-2H3. The molecule has 1 heterocycles. The molecular formula is C11H15N3O2. The van der Waals surface area contributed by atoms with E-state index in [-0.39, 0.29) is 5.69 Å². The third-order valence-electron chi connectivity index (χ3n) is 2.15. The van der Waals surface area contributed by atoms with Gasteiger partial charge in [0.1, 0.15) is 6.20 Å². The number of rotatable bonds is 5. The lowest BCUT2D eigenvalue weighted by molar-refractivity contribution is -0.385. The highest BCUT2D eigenvalue weighted by atomic mass is 16.6. The number of nitro groups is 1. The van der Waals surface area contributed by atoms with E-state index in [1.54, 1.807) is 0 Å². The summed E-state index contributed by atoms with van der Waals surface area (Å²) in [4.78, 5) is 14.1. The summed E-state index contributed by atoms with van der Waals surface area (Å²) in [6.07, 6.45) is 6.08. The second kappa shape index (κ2) is 5.97. The molecule has 0 amide bonds. The van der Waals surface area contributed by atoms with Crippen LogP contribution in [-0.2, 0) is 0 Å². The number of nitrogens with zero attached hydrogens (tertiary/aromatic N) is 2. The fourth-order valence-corrected chi connectivity index (χ4v) is 1.27. The van der Waals surface area contributed by atoms with Crippen LogP contribution >= 0.6 is 0 Å². The molecule has 1 aromatic rings. The van der Waals surface area contributed by atoms with Gasteiger partial charge in [-0.1, -0.05) is 6.08 Å². The molecule has 5 nitrogen and oxygen atoms in total. The number of hydrogen-bond acceptors (Lipinski definition) is 4. The molecule has 5 heteroatoms. The van der Waals surface area contributed by atoms with Crippen molar-refractivity contribution in [1.29, 1.82) is 0 Å². The van der Waals surface area contributed by atoms with E-state index in [1.165, 1.54) is 12.3 Å². The van der Waals surface area contributed by atoms with Gasteiger partial charge in [-0.25, -0.2) is 4.98 Å². The van der Waals surface area contributed by atoms with E-state index < -0.39 is 4.92 Å². The number of pyridine rings is 1.